The number of carbonyl (C=O) groups is 2. The molecule has 0 aliphatic carbocycles. The predicted molar refractivity (Wildman–Crippen MR) is 135 cm³/mol. The summed E-state index contributed by atoms with van der Waals surface area (Å²) < 4.78 is 35.1. The van der Waals surface area contributed by atoms with E-state index >= 15 is 0 Å². The Morgan fingerprint density at radius 2 is 1.83 bits per heavy atom. The second kappa shape index (κ2) is 16.2. The summed E-state index contributed by atoms with van der Waals surface area (Å²) in [7, 11) is 1.81. The molecule has 0 spiro atoms. The van der Waals surface area contributed by atoms with Crippen molar-refractivity contribution in [2.24, 2.45) is 0 Å². The number of aromatic nitrogens is 2. The first-order valence-electron chi connectivity index (χ1n) is 10.4. The van der Waals surface area contributed by atoms with Gasteiger partial charge in [0.2, 0.25) is 6.41 Å². The molecule has 3 rings (SSSR count). The minimum atomic E-state index is -4.80. The highest BCUT2D eigenvalue weighted by molar-refractivity contribution is 7.96. The maximum absolute atomic E-state index is 11.9. The molecule has 0 saturated heterocycles. The number of nitrogens with zero attached hydrogens (tertiary/aromatic N) is 3. The van der Waals surface area contributed by atoms with Gasteiger partial charge in [0.15, 0.2) is 5.13 Å². The molecular formula is C21H26F3N5O4S3. The van der Waals surface area contributed by atoms with Crippen molar-refractivity contribution in [3.63, 3.8) is 0 Å². The molecule has 0 saturated carbocycles. The van der Waals surface area contributed by atoms with Gasteiger partial charge >= 0.3 is 6.30 Å². The van der Waals surface area contributed by atoms with Crippen LogP contribution >= 0.6 is 34.6 Å². The molecule has 3 aromatic rings. The van der Waals surface area contributed by atoms with Gasteiger partial charge in [-0.15, -0.1) is 22.7 Å². The second-order valence-electron chi connectivity index (χ2n) is 6.17. The molecule has 0 fully saturated rings. The van der Waals surface area contributed by atoms with Gasteiger partial charge in [-0.05, 0) is 34.1 Å². The molecule has 1 aromatic carbocycles. The molecule has 2 aromatic heterocycles. The first-order valence-corrected chi connectivity index (χ1v) is 12.8. The van der Waals surface area contributed by atoms with Crippen molar-refractivity contribution < 1.29 is 33.1 Å². The molecule has 0 bridgehead atoms. The largest absolute Gasteiger partial charge is 0.493 e. The molecule has 36 heavy (non-hydrogen) atoms. The number of thiazole rings is 2. The van der Waals surface area contributed by atoms with Gasteiger partial charge in [0, 0.05) is 23.7 Å². The summed E-state index contributed by atoms with van der Waals surface area (Å²) in [5, 5.41) is 26.7. The number of aliphatic hydroxyl groups is 1. The Morgan fingerprint density at radius 1 is 1.17 bits per heavy atom. The van der Waals surface area contributed by atoms with Gasteiger partial charge in [-0.2, -0.15) is 13.2 Å². The van der Waals surface area contributed by atoms with E-state index in [-0.39, 0.29) is 29.9 Å². The number of hydrogen-bond acceptors (Lipinski definition) is 11. The molecule has 0 aliphatic rings. The van der Waals surface area contributed by atoms with E-state index in [0.717, 1.165) is 21.4 Å². The fourth-order valence-electron chi connectivity index (χ4n) is 2.35. The number of alkyl halides is 3. The number of rotatable bonds is 10. The number of aliphatic hydroxyl groups excluding tert-OH is 1. The Kier molecular flexibility index (Phi) is 14.2. The lowest BCUT2D eigenvalue weighted by atomic mass is 10.2. The van der Waals surface area contributed by atoms with Crippen molar-refractivity contribution in [2.45, 2.75) is 44.6 Å². The molecule has 0 atom stereocenters. The van der Waals surface area contributed by atoms with Crippen LogP contribution in [0.5, 0.6) is 0 Å². The van der Waals surface area contributed by atoms with Crippen molar-refractivity contribution in [3.05, 3.63) is 45.9 Å². The van der Waals surface area contributed by atoms with E-state index in [1.54, 1.807) is 0 Å². The third kappa shape index (κ3) is 10.2. The topological polar surface area (TPSA) is 128 Å². The average molecular weight is 566 g/mol. The first-order chi connectivity index (χ1) is 17.2. The van der Waals surface area contributed by atoms with E-state index in [1.165, 1.54) is 46.9 Å². The smallest absolute Gasteiger partial charge is 0.389 e. The normalized spacial score (nSPS) is 10.6. The van der Waals surface area contributed by atoms with E-state index in [2.05, 4.69) is 20.6 Å². The zero-order chi connectivity index (χ0) is 27.1. The molecule has 9 nitrogen and oxygen atoms in total. The summed E-state index contributed by atoms with van der Waals surface area (Å²) in [5.74, 6) is 0. The van der Waals surface area contributed by atoms with Crippen molar-refractivity contribution in [2.75, 3.05) is 12.4 Å². The van der Waals surface area contributed by atoms with Gasteiger partial charge in [-0.25, -0.2) is 9.97 Å². The summed E-state index contributed by atoms with van der Waals surface area (Å²) in [6, 6.07) is 5.86. The molecule has 0 radical (unpaired) electrons. The van der Waals surface area contributed by atoms with Crippen molar-refractivity contribution >= 4 is 52.4 Å². The van der Waals surface area contributed by atoms with Crippen LogP contribution < -0.4 is 10.6 Å². The number of anilines is 1. The Balaban J connectivity index is 0.000000339. The van der Waals surface area contributed by atoms with Crippen LogP contribution in [0.3, 0.4) is 0 Å². The number of hydroxylamine groups is 1. The van der Waals surface area contributed by atoms with E-state index in [4.69, 9.17) is 10.3 Å². The lowest BCUT2D eigenvalue weighted by Gasteiger charge is -2.15. The molecule has 15 heteroatoms. The van der Waals surface area contributed by atoms with Gasteiger partial charge in [-0.3, -0.25) is 10.0 Å². The van der Waals surface area contributed by atoms with Gasteiger partial charge in [-0.1, -0.05) is 26.0 Å². The summed E-state index contributed by atoms with van der Waals surface area (Å²) in [4.78, 5) is 30.3. The van der Waals surface area contributed by atoms with Crippen LogP contribution in [0.2, 0.25) is 0 Å². The molecule has 0 unspecified atom stereocenters. The quantitative estimate of drug-likeness (QED) is 0.120. The van der Waals surface area contributed by atoms with Crippen LogP contribution in [0, 0.1) is 0 Å². The third-order valence-corrected chi connectivity index (χ3v) is 6.66. The van der Waals surface area contributed by atoms with Crippen LogP contribution in [0.25, 0.3) is 10.6 Å². The zero-order valence-corrected chi connectivity index (χ0v) is 22.0. The molecule has 1 amide bonds. The second-order valence-corrected chi connectivity index (χ2v) is 9.12. The standard InChI is InChI=1S/C10H12N4O2S2.C9H8F3NO2S.C2H6/c1-11-10-14-7(4-17-10)9-6(2-12-5-16)13-8(3-15)18-9;10-9(11,12)13(15)16-8-3-1-7(2-4-8)5-6-14;1-2/h4-5,15H,2-3H2,1H3,(H,11,14)(H,12,16);1-4,6,15H,5H2;1-2H3. The molecular weight excluding hydrogens is 539 g/mol. The minimum Gasteiger partial charge on any atom is -0.389 e. The summed E-state index contributed by atoms with van der Waals surface area (Å²) >= 11 is 3.04. The maximum Gasteiger partial charge on any atom is 0.493 e. The van der Waals surface area contributed by atoms with Crippen LogP contribution in [0.1, 0.15) is 30.1 Å². The SMILES string of the molecule is CC.CNc1nc(-c2sc(CO)nc2CNC=O)cs1.O=CCc1ccc(SN(O)C(F)(F)F)cc1. The zero-order valence-electron chi connectivity index (χ0n) is 19.6. The van der Waals surface area contributed by atoms with E-state index in [0.29, 0.717) is 29.8 Å². The molecule has 198 valence electrons. The summed E-state index contributed by atoms with van der Waals surface area (Å²) in [6.07, 6.45) is -3.25. The molecule has 2 heterocycles. The Hall–Kier alpha value is -2.56. The van der Waals surface area contributed by atoms with Crippen molar-refractivity contribution in [1.29, 1.82) is 0 Å². The third-order valence-electron chi connectivity index (χ3n) is 3.83. The Morgan fingerprint density at radius 3 is 2.33 bits per heavy atom. The monoisotopic (exact) mass is 565 g/mol. The highest BCUT2D eigenvalue weighted by Crippen LogP contribution is 2.33. The summed E-state index contributed by atoms with van der Waals surface area (Å²) in [6.45, 7) is 4.23. The van der Waals surface area contributed by atoms with Crippen molar-refractivity contribution in [1.82, 2.24) is 19.8 Å². The number of aldehydes is 1. The fraction of sp³-hybridized carbons (Fsp3) is 0.333. The number of hydrogen-bond donors (Lipinski definition) is 4. The minimum absolute atomic E-state index is 0.109. The number of halogens is 3. The average Bonchev–Trinajstić information content (AvgIpc) is 3.52. The summed E-state index contributed by atoms with van der Waals surface area (Å²) in [5.41, 5.74) is 2.24. The van der Waals surface area contributed by atoms with Crippen LogP contribution in [-0.4, -0.2) is 50.8 Å². The van der Waals surface area contributed by atoms with Crippen LogP contribution in [0.4, 0.5) is 18.3 Å². The molecule has 4 N–H and O–H groups in total. The van der Waals surface area contributed by atoms with Gasteiger partial charge in [0.25, 0.3) is 0 Å². The highest BCUT2D eigenvalue weighted by Gasteiger charge is 2.37. The van der Waals surface area contributed by atoms with Gasteiger partial charge in [0.05, 0.1) is 29.4 Å². The van der Waals surface area contributed by atoms with Crippen LogP contribution in [-0.2, 0) is 29.2 Å². The Labute approximate surface area is 218 Å². The number of amides is 1. The maximum atomic E-state index is 11.9. The Bertz CT molecular complexity index is 1060. The fourth-order valence-corrected chi connectivity index (χ4v) is 4.55. The lowest BCUT2D eigenvalue weighted by molar-refractivity contribution is -0.298. The molecule has 0 aliphatic heterocycles. The predicted octanol–water partition coefficient (Wildman–Crippen LogP) is 4.72. The van der Waals surface area contributed by atoms with E-state index < -0.39 is 10.8 Å². The number of nitrogens with one attached hydrogen (secondary N) is 2. The number of benzene rings is 1. The number of carbonyl (C=O) groups excluding carboxylic acids is 2. The lowest BCUT2D eigenvalue weighted by Crippen LogP contribution is -2.28. The van der Waals surface area contributed by atoms with Gasteiger partial charge < -0.3 is 20.5 Å². The highest BCUT2D eigenvalue weighted by atomic mass is 32.2. The van der Waals surface area contributed by atoms with E-state index in [9.17, 15) is 22.8 Å². The van der Waals surface area contributed by atoms with Gasteiger partial charge in [0.1, 0.15) is 11.3 Å². The van der Waals surface area contributed by atoms with E-state index in [1.807, 2.05) is 26.3 Å². The first kappa shape index (κ1) is 31.5. The van der Waals surface area contributed by atoms with Crippen LogP contribution in [0.15, 0.2) is 34.5 Å². The van der Waals surface area contributed by atoms with Crippen molar-refractivity contribution in [3.8, 4) is 10.6 Å².